The maximum absolute atomic E-state index is 5.59. The predicted molar refractivity (Wildman–Crippen MR) is 44.8 cm³/mol. The van der Waals surface area contributed by atoms with Crippen LogP contribution in [0.15, 0.2) is 6.20 Å². The molecule has 1 atom stereocenters. The number of hydrogen-bond acceptors (Lipinski definition) is 3. The molecule has 1 heterocycles. The molecule has 0 fully saturated rings. The Hall–Kier alpha value is 0.170. The lowest BCUT2D eigenvalue weighted by molar-refractivity contribution is 0.843. The van der Waals surface area contributed by atoms with Gasteiger partial charge < -0.3 is 5.73 Å². The third-order valence-electron chi connectivity index (χ3n) is 1.03. The van der Waals surface area contributed by atoms with Crippen LogP contribution in [0.4, 0.5) is 0 Å². The van der Waals surface area contributed by atoms with Crippen molar-refractivity contribution in [2.75, 3.05) is 5.88 Å². The highest BCUT2D eigenvalue weighted by molar-refractivity contribution is 7.15. The van der Waals surface area contributed by atoms with Gasteiger partial charge in [0.15, 0.2) is 4.47 Å². The molecule has 1 unspecified atom stereocenters. The summed E-state index contributed by atoms with van der Waals surface area (Å²) in [6.07, 6.45) is 1.65. The normalized spacial score (nSPS) is 13.5. The van der Waals surface area contributed by atoms with Crippen LogP contribution in [-0.4, -0.2) is 10.9 Å². The van der Waals surface area contributed by atoms with Gasteiger partial charge in [0.1, 0.15) is 0 Å². The number of hydrogen-bond donors (Lipinski definition) is 1. The van der Waals surface area contributed by atoms with Gasteiger partial charge in [-0.2, -0.15) is 0 Å². The lowest BCUT2D eigenvalue weighted by atomic mass is 10.3. The van der Waals surface area contributed by atoms with Crippen molar-refractivity contribution >= 4 is 34.5 Å². The molecule has 2 N–H and O–H groups in total. The molecular weight excluding hydrogens is 191 g/mol. The van der Waals surface area contributed by atoms with Gasteiger partial charge in [0, 0.05) is 17.0 Å². The van der Waals surface area contributed by atoms with Crippen molar-refractivity contribution in [2.45, 2.75) is 6.04 Å². The molecule has 0 amide bonds. The molecule has 0 aliphatic carbocycles. The molecule has 0 saturated heterocycles. The smallest absolute Gasteiger partial charge is 0.183 e. The molecule has 1 aromatic heterocycles. The van der Waals surface area contributed by atoms with E-state index in [0.29, 0.717) is 10.3 Å². The number of aromatic nitrogens is 1. The molecule has 10 heavy (non-hydrogen) atoms. The maximum atomic E-state index is 5.59. The highest BCUT2D eigenvalue weighted by atomic mass is 35.5. The fourth-order valence-electron chi connectivity index (χ4n) is 0.512. The van der Waals surface area contributed by atoms with Gasteiger partial charge in [0.05, 0.1) is 6.04 Å². The van der Waals surface area contributed by atoms with Gasteiger partial charge in [-0.3, -0.25) is 0 Å². The second kappa shape index (κ2) is 3.53. The van der Waals surface area contributed by atoms with Gasteiger partial charge in [0.2, 0.25) is 0 Å². The maximum Gasteiger partial charge on any atom is 0.183 e. The molecule has 0 aliphatic heterocycles. The zero-order chi connectivity index (χ0) is 7.56. The summed E-state index contributed by atoms with van der Waals surface area (Å²) in [6.45, 7) is 0. The summed E-state index contributed by atoms with van der Waals surface area (Å²) < 4.78 is 0.510. The number of rotatable bonds is 2. The van der Waals surface area contributed by atoms with Crippen molar-refractivity contribution in [3.63, 3.8) is 0 Å². The van der Waals surface area contributed by atoms with Gasteiger partial charge >= 0.3 is 0 Å². The summed E-state index contributed by atoms with van der Waals surface area (Å²) in [5.41, 5.74) is 5.59. The van der Waals surface area contributed by atoms with Gasteiger partial charge in [0.25, 0.3) is 0 Å². The van der Waals surface area contributed by atoms with Gasteiger partial charge in [-0.25, -0.2) is 4.98 Å². The van der Waals surface area contributed by atoms with E-state index in [1.165, 1.54) is 11.3 Å². The highest BCUT2D eigenvalue weighted by Gasteiger charge is 2.07. The zero-order valence-electron chi connectivity index (χ0n) is 5.05. The molecule has 0 spiro atoms. The van der Waals surface area contributed by atoms with E-state index in [2.05, 4.69) is 4.98 Å². The van der Waals surface area contributed by atoms with Crippen LogP contribution >= 0.6 is 34.5 Å². The van der Waals surface area contributed by atoms with E-state index in [-0.39, 0.29) is 6.04 Å². The Bertz CT molecular complexity index is 213. The van der Waals surface area contributed by atoms with Crippen LogP contribution in [0.25, 0.3) is 0 Å². The van der Waals surface area contributed by atoms with Crippen LogP contribution in [0.2, 0.25) is 4.47 Å². The monoisotopic (exact) mass is 196 g/mol. The molecule has 0 bridgehead atoms. The van der Waals surface area contributed by atoms with E-state index < -0.39 is 0 Å². The minimum Gasteiger partial charge on any atom is -0.322 e. The average molecular weight is 197 g/mol. The first kappa shape index (κ1) is 8.27. The van der Waals surface area contributed by atoms with Crippen molar-refractivity contribution in [3.8, 4) is 0 Å². The minimum atomic E-state index is -0.133. The number of nitrogens with two attached hydrogens (primary N) is 1. The highest BCUT2D eigenvalue weighted by Crippen LogP contribution is 2.22. The molecule has 1 aromatic rings. The van der Waals surface area contributed by atoms with E-state index in [0.717, 1.165) is 4.88 Å². The average Bonchev–Trinajstić information content (AvgIpc) is 2.34. The summed E-state index contributed by atoms with van der Waals surface area (Å²) in [6, 6.07) is -0.133. The predicted octanol–water partition coefficient (Wildman–Crippen LogP) is 2.04. The number of alkyl halides is 1. The Labute approximate surface area is 73.0 Å². The number of nitrogens with zero attached hydrogens (tertiary/aromatic N) is 1. The topological polar surface area (TPSA) is 38.9 Å². The van der Waals surface area contributed by atoms with Crippen LogP contribution in [0.1, 0.15) is 10.9 Å². The second-order valence-electron chi connectivity index (χ2n) is 1.78. The molecule has 0 radical (unpaired) electrons. The third kappa shape index (κ3) is 1.83. The summed E-state index contributed by atoms with van der Waals surface area (Å²) >= 11 is 12.4. The summed E-state index contributed by atoms with van der Waals surface area (Å²) in [4.78, 5) is 4.76. The SMILES string of the molecule is NC(CCl)c1cnc(Cl)s1. The Morgan fingerprint density at radius 3 is 2.90 bits per heavy atom. The number of thiazole rings is 1. The minimum absolute atomic E-state index is 0.133. The van der Waals surface area contributed by atoms with E-state index in [1.807, 2.05) is 0 Å². The van der Waals surface area contributed by atoms with E-state index in [1.54, 1.807) is 6.20 Å². The van der Waals surface area contributed by atoms with Crippen LogP contribution in [-0.2, 0) is 0 Å². The molecule has 0 aliphatic rings. The molecule has 2 nitrogen and oxygen atoms in total. The first-order valence-electron chi connectivity index (χ1n) is 2.67. The summed E-state index contributed by atoms with van der Waals surface area (Å²) in [7, 11) is 0. The first-order chi connectivity index (χ1) is 4.74. The van der Waals surface area contributed by atoms with Gasteiger partial charge in [-0.05, 0) is 0 Å². The molecule has 5 heteroatoms. The lowest BCUT2D eigenvalue weighted by Gasteiger charge is -2.00. The fraction of sp³-hybridized carbons (Fsp3) is 0.400. The molecule has 1 rings (SSSR count). The molecule has 0 saturated carbocycles. The number of halogens is 2. The van der Waals surface area contributed by atoms with Crippen molar-refractivity contribution in [1.29, 1.82) is 0 Å². The standard InChI is InChI=1S/C5H6Cl2N2S/c6-1-3(8)4-2-9-5(7)10-4/h2-3H,1,8H2. The van der Waals surface area contributed by atoms with Crippen molar-refractivity contribution in [1.82, 2.24) is 4.98 Å². The Morgan fingerprint density at radius 1 is 1.80 bits per heavy atom. The molecular formula is C5H6Cl2N2S. The third-order valence-corrected chi connectivity index (χ3v) is 2.61. The molecule has 56 valence electrons. The summed E-state index contributed by atoms with van der Waals surface area (Å²) in [5, 5.41) is 0. The van der Waals surface area contributed by atoms with E-state index >= 15 is 0 Å². The van der Waals surface area contributed by atoms with Crippen molar-refractivity contribution in [3.05, 3.63) is 15.5 Å². The van der Waals surface area contributed by atoms with Crippen LogP contribution in [0, 0.1) is 0 Å². The summed E-state index contributed by atoms with van der Waals surface area (Å²) in [5.74, 6) is 0.401. The van der Waals surface area contributed by atoms with Crippen LogP contribution < -0.4 is 5.73 Å². The fourth-order valence-corrected chi connectivity index (χ4v) is 1.73. The van der Waals surface area contributed by atoms with Gasteiger partial charge in [-0.15, -0.1) is 22.9 Å². The van der Waals surface area contributed by atoms with Crippen LogP contribution in [0.5, 0.6) is 0 Å². The first-order valence-corrected chi connectivity index (χ1v) is 4.39. The lowest BCUT2D eigenvalue weighted by Crippen LogP contribution is -2.09. The van der Waals surface area contributed by atoms with Crippen molar-refractivity contribution < 1.29 is 0 Å². The van der Waals surface area contributed by atoms with Gasteiger partial charge in [-0.1, -0.05) is 11.6 Å². The van der Waals surface area contributed by atoms with E-state index in [9.17, 15) is 0 Å². The second-order valence-corrected chi connectivity index (χ2v) is 3.73. The quantitative estimate of drug-likeness (QED) is 0.736. The Kier molecular flexibility index (Phi) is 2.92. The Morgan fingerprint density at radius 2 is 2.50 bits per heavy atom. The zero-order valence-corrected chi connectivity index (χ0v) is 7.38. The van der Waals surface area contributed by atoms with Crippen LogP contribution in [0.3, 0.4) is 0 Å². The van der Waals surface area contributed by atoms with Crippen molar-refractivity contribution in [2.24, 2.45) is 5.73 Å². The largest absolute Gasteiger partial charge is 0.322 e. The molecule has 0 aromatic carbocycles. The Balaban J connectivity index is 2.74. The van der Waals surface area contributed by atoms with E-state index in [4.69, 9.17) is 28.9 Å².